The number of phenols is 3. The van der Waals surface area contributed by atoms with E-state index in [2.05, 4.69) is 20.5 Å². The van der Waals surface area contributed by atoms with Crippen molar-refractivity contribution >= 4 is 90.5 Å². The van der Waals surface area contributed by atoms with Crippen LogP contribution in [0, 0.1) is 6.92 Å². The molecule has 0 unspecified atom stereocenters. The summed E-state index contributed by atoms with van der Waals surface area (Å²) in [7, 11) is -20.1. The Morgan fingerprint density at radius 3 is 1.42 bits per heavy atom. The van der Waals surface area contributed by atoms with Crippen LogP contribution in [0.5, 0.6) is 23.0 Å². The molecule has 0 saturated carbocycles. The number of hydrogen-bond donors (Lipinski definition) is 4. The Bertz CT molecular complexity index is 2950. The molecule has 0 heterocycles. The van der Waals surface area contributed by atoms with Crippen molar-refractivity contribution in [2.45, 2.75) is 26.5 Å². The summed E-state index contributed by atoms with van der Waals surface area (Å²) in [4.78, 5) is -4.27. The predicted octanol–water partition coefficient (Wildman–Crippen LogP) is -8.53. The molecule has 5 aromatic rings. The molecule has 0 aliphatic rings. The molecular weight excluding hydrogens is 883 g/mol. The molecule has 0 aliphatic heterocycles. The minimum Gasteiger partial charge on any atom is -0.744 e. The normalized spacial score (nSPS) is 12.2. The molecule has 0 bridgehead atoms. The largest absolute Gasteiger partial charge is 1.00 e. The number of nitrogen functional groups attached to an aromatic ring is 1. The maximum Gasteiger partial charge on any atom is 1.00 e. The first-order valence-electron chi connectivity index (χ1n) is 13.8. The van der Waals surface area contributed by atoms with Crippen LogP contribution in [0.1, 0.15) is 5.56 Å². The number of hydrogen-bond acceptors (Lipinski definition) is 21. The van der Waals surface area contributed by atoms with Gasteiger partial charge in [0.1, 0.15) is 69.0 Å². The van der Waals surface area contributed by atoms with Crippen LogP contribution in [-0.2, 0) is 40.5 Å². The van der Waals surface area contributed by atoms with Crippen LogP contribution >= 0.6 is 0 Å². The first-order chi connectivity index (χ1) is 24.3. The van der Waals surface area contributed by atoms with Gasteiger partial charge in [-0.25, -0.2) is 33.7 Å². The van der Waals surface area contributed by atoms with E-state index >= 15 is 0 Å². The van der Waals surface area contributed by atoms with E-state index in [4.69, 9.17) is 10.5 Å². The quantitative estimate of drug-likeness (QED) is 0.0462. The fourth-order valence-corrected chi connectivity index (χ4v) is 7.37. The standard InChI is InChI=1S/C28H23N5O16S4.4Na/c1-11-3-18(31-33-25-21(52(43,44)45)6-12-4-14(50(37,38)39)8-16(29)23(12)27(25)35)20(49-2)10-17(11)30-32-26-22(53(46,47)48)7-13-5-15(51(40,41)42)9-19(34)24(13)28(26)36;;;;/h3-10,34-36H,29H2,1-2H3,(H,37,38,39)(H,40,41,42)(H,43,44,45)(H,46,47,48);;;;/q;4*+1/p-4. The summed E-state index contributed by atoms with van der Waals surface area (Å²) in [5, 5.41) is 45.3. The van der Waals surface area contributed by atoms with Crippen molar-refractivity contribution in [3.05, 3.63) is 54.1 Å². The molecule has 21 nitrogen and oxygen atoms in total. The summed E-state index contributed by atoms with van der Waals surface area (Å²) in [6.45, 7) is 1.39. The minimum atomic E-state index is -5.48. The average molecular weight is 902 g/mol. The van der Waals surface area contributed by atoms with E-state index < -0.39 is 111 Å². The molecule has 0 radical (unpaired) electrons. The van der Waals surface area contributed by atoms with E-state index in [9.17, 15) is 67.2 Å². The zero-order chi connectivity index (χ0) is 39.6. The topological polar surface area (TPSA) is 374 Å². The van der Waals surface area contributed by atoms with Crippen LogP contribution in [-0.4, -0.2) is 74.3 Å². The summed E-state index contributed by atoms with van der Waals surface area (Å²) in [6.07, 6.45) is 0. The molecule has 0 spiro atoms. The fourth-order valence-electron chi connectivity index (χ4n) is 5.01. The van der Waals surface area contributed by atoms with E-state index in [1.807, 2.05) is 0 Å². The fraction of sp³-hybridized carbons (Fsp3) is 0.0714. The Morgan fingerprint density at radius 2 is 0.982 bits per heavy atom. The smallest absolute Gasteiger partial charge is 0.744 e. The van der Waals surface area contributed by atoms with Crippen LogP contribution in [0.25, 0.3) is 21.5 Å². The van der Waals surface area contributed by atoms with E-state index in [1.54, 1.807) is 0 Å². The number of aromatic hydroxyl groups is 3. The van der Waals surface area contributed by atoms with Gasteiger partial charge in [-0.3, -0.25) is 0 Å². The zero-order valence-electron chi connectivity index (χ0n) is 30.3. The van der Waals surface area contributed by atoms with Crippen molar-refractivity contribution in [3.8, 4) is 23.0 Å². The second kappa shape index (κ2) is 19.4. The van der Waals surface area contributed by atoms with Crippen molar-refractivity contribution < 1.29 is 190 Å². The number of phenolic OH excluding ortho intramolecular Hbond substituents is 3. The molecule has 0 aliphatic carbocycles. The van der Waals surface area contributed by atoms with E-state index in [0.29, 0.717) is 36.4 Å². The number of ether oxygens (including phenoxy) is 1. The van der Waals surface area contributed by atoms with Gasteiger partial charge in [0.2, 0.25) is 0 Å². The number of azo groups is 2. The number of methoxy groups -OCH3 is 1. The molecule has 0 fully saturated rings. The molecule has 0 amide bonds. The number of anilines is 1. The Balaban J connectivity index is 0.00000406. The Morgan fingerprint density at radius 1 is 0.561 bits per heavy atom. The molecule has 280 valence electrons. The molecule has 5 rings (SSSR count). The molecule has 5 aromatic carbocycles. The second-order valence-electron chi connectivity index (χ2n) is 10.8. The molecule has 0 saturated heterocycles. The Labute approximate surface area is 412 Å². The van der Waals surface area contributed by atoms with Gasteiger partial charge in [0.25, 0.3) is 0 Å². The Kier molecular flexibility index (Phi) is 18.2. The van der Waals surface area contributed by atoms with Gasteiger partial charge in [0, 0.05) is 17.1 Å². The van der Waals surface area contributed by atoms with Crippen LogP contribution < -0.4 is 129 Å². The van der Waals surface area contributed by atoms with E-state index in [0.717, 1.165) is 13.2 Å². The van der Waals surface area contributed by atoms with Crippen LogP contribution in [0.15, 0.2) is 88.6 Å². The van der Waals surface area contributed by atoms with E-state index in [-0.39, 0.29) is 146 Å². The third kappa shape index (κ3) is 11.4. The zero-order valence-corrected chi connectivity index (χ0v) is 41.5. The van der Waals surface area contributed by atoms with Crippen molar-refractivity contribution in [1.29, 1.82) is 0 Å². The third-order valence-corrected chi connectivity index (χ3v) is 10.7. The molecule has 57 heavy (non-hydrogen) atoms. The molecular formula is C28H19N5Na4O16S4. The predicted molar refractivity (Wildman–Crippen MR) is 175 cm³/mol. The minimum absolute atomic E-state index is 0. The van der Waals surface area contributed by atoms with Crippen molar-refractivity contribution in [2.24, 2.45) is 20.5 Å². The van der Waals surface area contributed by atoms with Gasteiger partial charge in [-0.15, -0.1) is 20.5 Å². The number of rotatable bonds is 9. The number of nitrogens with zero attached hydrogens (tertiary/aromatic N) is 4. The number of aryl methyl sites for hydroxylation is 1. The first-order valence-corrected chi connectivity index (χ1v) is 19.4. The van der Waals surface area contributed by atoms with Crippen molar-refractivity contribution in [1.82, 2.24) is 0 Å². The van der Waals surface area contributed by atoms with Gasteiger partial charge in [0.15, 0.2) is 11.5 Å². The van der Waals surface area contributed by atoms with E-state index in [1.165, 1.54) is 13.0 Å². The SMILES string of the molecule is COc1cc(N=Nc2c(S(=O)(=O)[O-])cc3cc(S(=O)(=O)[O-])cc(O)c3c2O)c(C)cc1N=Nc1c(S(=O)(=O)[O-])cc2cc(S(=O)(=O)[O-])cc(N)c2c1O.[Na+].[Na+].[Na+].[Na+]. The molecule has 0 aromatic heterocycles. The number of nitrogens with two attached hydrogens (primary N) is 1. The van der Waals surface area contributed by atoms with Crippen LogP contribution in [0.3, 0.4) is 0 Å². The maximum atomic E-state index is 12.1. The van der Waals surface area contributed by atoms with Gasteiger partial charge < -0.3 is 44.0 Å². The maximum absolute atomic E-state index is 12.1. The van der Waals surface area contributed by atoms with Gasteiger partial charge >= 0.3 is 118 Å². The molecule has 5 N–H and O–H groups in total. The van der Waals surface area contributed by atoms with Gasteiger partial charge in [-0.2, -0.15) is 0 Å². The summed E-state index contributed by atoms with van der Waals surface area (Å²) >= 11 is 0. The number of fused-ring (bicyclic) bond motifs is 2. The van der Waals surface area contributed by atoms with Crippen LogP contribution in [0.2, 0.25) is 0 Å². The van der Waals surface area contributed by atoms with Gasteiger partial charge in [-0.05, 0) is 65.7 Å². The summed E-state index contributed by atoms with van der Waals surface area (Å²) < 4.78 is 147. The monoisotopic (exact) mass is 901 g/mol. The third-order valence-electron chi connectivity index (χ3n) is 7.39. The summed E-state index contributed by atoms with van der Waals surface area (Å²) in [5.74, 6) is -3.34. The summed E-state index contributed by atoms with van der Waals surface area (Å²) in [5.41, 5.74) is 3.21. The average Bonchev–Trinajstić information content (AvgIpc) is 3.01. The Hall–Kier alpha value is -1.54. The van der Waals surface area contributed by atoms with Gasteiger partial charge in [0.05, 0.1) is 37.8 Å². The number of benzene rings is 5. The van der Waals surface area contributed by atoms with Crippen molar-refractivity contribution in [3.63, 3.8) is 0 Å². The molecule has 29 heteroatoms. The van der Waals surface area contributed by atoms with Crippen molar-refractivity contribution in [2.75, 3.05) is 12.8 Å². The van der Waals surface area contributed by atoms with Gasteiger partial charge in [-0.1, -0.05) is 0 Å². The van der Waals surface area contributed by atoms with Crippen LogP contribution in [0.4, 0.5) is 28.4 Å². The molecule has 0 atom stereocenters. The first kappa shape index (κ1) is 53.5. The second-order valence-corrected chi connectivity index (χ2v) is 16.3. The summed E-state index contributed by atoms with van der Waals surface area (Å²) in [6, 6.07) is 6.00.